The monoisotopic (exact) mass is 225 g/mol. The molecule has 14 heavy (non-hydrogen) atoms. The van der Waals surface area contributed by atoms with E-state index in [1.807, 2.05) is 6.92 Å². The molecule has 0 heterocycles. The van der Waals surface area contributed by atoms with Gasteiger partial charge in [-0.25, -0.2) is 0 Å². The fraction of sp³-hybridized carbons (Fsp3) is 1.00. The maximum atomic E-state index is 5.84. The average molecular weight is 226 g/mol. The number of halogens is 1. The van der Waals surface area contributed by atoms with Crippen molar-refractivity contribution in [3.8, 4) is 0 Å². The summed E-state index contributed by atoms with van der Waals surface area (Å²) in [4.78, 5) is 11.8. The van der Waals surface area contributed by atoms with E-state index in [0.717, 1.165) is 19.5 Å². The van der Waals surface area contributed by atoms with Crippen LogP contribution in [0.4, 0.5) is 0 Å². The first-order valence-corrected chi connectivity index (χ1v) is 5.34. The van der Waals surface area contributed by atoms with Gasteiger partial charge in [0.2, 0.25) is 0 Å². The second-order valence-electron chi connectivity index (χ2n) is 3.19. The molecule has 0 aromatic heterocycles. The summed E-state index contributed by atoms with van der Waals surface area (Å²) in [5.74, 6) is 0. The largest absolute Gasteiger partial charge is 1.00 e. The van der Waals surface area contributed by atoms with Gasteiger partial charge in [0.15, 0.2) is 0 Å². The molecule has 4 heteroatoms. The van der Waals surface area contributed by atoms with Crippen molar-refractivity contribution in [2.75, 3.05) is 19.7 Å². The standard InChI is InChI=1S/C10H24NO2.ClH/c1-6-10(5)13-11(7-2,8-3)12-9-4;/h10H,6-9H2,1-5H3;1H/q+1;/p-1. The fourth-order valence-electron chi connectivity index (χ4n) is 1.22. The number of hydroxylamine groups is 4. The highest BCUT2D eigenvalue weighted by atomic mass is 35.5. The Balaban J connectivity index is 0. The molecule has 0 aromatic carbocycles. The van der Waals surface area contributed by atoms with Gasteiger partial charge < -0.3 is 12.4 Å². The fourth-order valence-corrected chi connectivity index (χ4v) is 1.22. The highest BCUT2D eigenvalue weighted by Gasteiger charge is 2.29. The van der Waals surface area contributed by atoms with Crippen LogP contribution in [0.25, 0.3) is 0 Å². The predicted octanol–water partition coefficient (Wildman–Crippen LogP) is -0.471. The molecule has 0 bridgehead atoms. The quantitative estimate of drug-likeness (QED) is 0.431. The van der Waals surface area contributed by atoms with Gasteiger partial charge in [0.25, 0.3) is 0 Å². The zero-order chi connectivity index (χ0) is 10.3. The van der Waals surface area contributed by atoms with Gasteiger partial charge in [0.1, 0.15) is 25.8 Å². The summed E-state index contributed by atoms with van der Waals surface area (Å²) in [6.45, 7) is 12.8. The van der Waals surface area contributed by atoms with Gasteiger partial charge in [-0.05, 0) is 38.9 Å². The molecule has 0 radical (unpaired) electrons. The van der Waals surface area contributed by atoms with Crippen LogP contribution < -0.4 is 12.4 Å². The van der Waals surface area contributed by atoms with Crippen molar-refractivity contribution in [2.24, 2.45) is 0 Å². The molecule has 1 atom stereocenters. The SMILES string of the molecule is CCO[N+](CC)(CC)OC(C)CC.[Cl-]. The van der Waals surface area contributed by atoms with E-state index in [4.69, 9.17) is 9.68 Å². The van der Waals surface area contributed by atoms with E-state index in [9.17, 15) is 0 Å². The summed E-state index contributed by atoms with van der Waals surface area (Å²) >= 11 is 0. The van der Waals surface area contributed by atoms with Crippen LogP contribution in [0.5, 0.6) is 0 Å². The first kappa shape index (κ1) is 16.6. The Kier molecular flexibility index (Phi) is 10.0. The zero-order valence-electron chi connectivity index (χ0n) is 10.0. The Morgan fingerprint density at radius 2 is 1.57 bits per heavy atom. The molecule has 0 aromatic rings. The van der Waals surface area contributed by atoms with E-state index < -0.39 is 0 Å². The van der Waals surface area contributed by atoms with Crippen molar-refractivity contribution in [1.82, 2.24) is 0 Å². The summed E-state index contributed by atoms with van der Waals surface area (Å²) in [5, 5.41) is 0. The lowest BCUT2D eigenvalue weighted by atomic mass is 10.3. The lowest BCUT2D eigenvalue weighted by Gasteiger charge is -2.32. The summed E-state index contributed by atoms with van der Waals surface area (Å²) < 4.78 is 0. The highest BCUT2D eigenvalue weighted by Crippen LogP contribution is 2.13. The van der Waals surface area contributed by atoms with Gasteiger partial charge in [-0.1, -0.05) is 6.92 Å². The van der Waals surface area contributed by atoms with Crippen LogP contribution >= 0.6 is 0 Å². The summed E-state index contributed by atoms with van der Waals surface area (Å²) in [6.07, 6.45) is 1.28. The Labute approximate surface area is 94.3 Å². The Bertz CT molecular complexity index is 129. The number of rotatable bonds is 7. The average Bonchev–Trinajstić information content (AvgIpc) is 2.17. The van der Waals surface area contributed by atoms with Gasteiger partial charge in [-0.3, -0.25) is 0 Å². The molecule has 0 amide bonds. The molecule has 88 valence electrons. The molecular weight excluding hydrogens is 202 g/mol. The molecule has 0 spiro atoms. The lowest BCUT2D eigenvalue weighted by molar-refractivity contribution is -1.25. The molecular formula is C10H24ClNO2. The van der Waals surface area contributed by atoms with Gasteiger partial charge in [-0.15, -0.1) is 0 Å². The number of hydrogen-bond acceptors (Lipinski definition) is 2. The van der Waals surface area contributed by atoms with E-state index >= 15 is 0 Å². The van der Waals surface area contributed by atoms with Crippen LogP contribution in [0.3, 0.4) is 0 Å². The minimum Gasteiger partial charge on any atom is -1.00 e. The Morgan fingerprint density at radius 3 is 1.86 bits per heavy atom. The van der Waals surface area contributed by atoms with Crippen molar-refractivity contribution in [3.63, 3.8) is 0 Å². The molecule has 0 saturated heterocycles. The second kappa shape index (κ2) is 8.48. The van der Waals surface area contributed by atoms with Crippen molar-refractivity contribution in [1.29, 1.82) is 0 Å². The molecule has 0 N–H and O–H groups in total. The number of nitrogens with zero attached hydrogens (tertiary/aromatic N) is 1. The summed E-state index contributed by atoms with van der Waals surface area (Å²) in [6, 6.07) is 0. The van der Waals surface area contributed by atoms with Gasteiger partial charge in [0, 0.05) is 0 Å². The number of hydrogen-bond donors (Lipinski definition) is 0. The topological polar surface area (TPSA) is 18.5 Å². The minimum atomic E-state index is 0. The van der Waals surface area contributed by atoms with Crippen LogP contribution in [-0.4, -0.2) is 30.6 Å². The number of quaternary nitrogens is 1. The van der Waals surface area contributed by atoms with E-state index in [1.54, 1.807) is 0 Å². The van der Waals surface area contributed by atoms with Crippen molar-refractivity contribution in [3.05, 3.63) is 0 Å². The molecule has 1 unspecified atom stereocenters. The second-order valence-corrected chi connectivity index (χ2v) is 3.19. The molecule has 0 rings (SSSR count). The first-order valence-electron chi connectivity index (χ1n) is 5.34. The first-order chi connectivity index (χ1) is 6.14. The Hall–Kier alpha value is 0.170. The van der Waals surface area contributed by atoms with Crippen LogP contribution in [0, 0.1) is 0 Å². The maximum Gasteiger partial charge on any atom is 0.139 e. The van der Waals surface area contributed by atoms with Gasteiger partial charge >= 0.3 is 0 Å². The summed E-state index contributed by atoms with van der Waals surface area (Å²) in [7, 11) is 0. The smallest absolute Gasteiger partial charge is 0.139 e. The molecule has 0 saturated carbocycles. The Morgan fingerprint density at radius 1 is 1.07 bits per heavy atom. The molecule has 0 fully saturated rings. The van der Waals surface area contributed by atoms with E-state index in [2.05, 4.69) is 27.7 Å². The summed E-state index contributed by atoms with van der Waals surface area (Å²) in [5.41, 5.74) is 0. The molecule has 0 aliphatic carbocycles. The van der Waals surface area contributed by atoms with Gasteiger partial charge in [-0.2, -0.15) is 9.68 Å². The van der Waals surface area contributed by atoms with Crippen molar-refractivity contribution >= 4 is 0 Å². The zero-order valence-corrected chi connectivity index (χ0v) is 10.8. The van der Waals surface area contributed by atoms with E-state index in [-0.39, 0.29) is 18.5 Å². The normalized spacial score (nSPS) is 13.5. The van der Waals surface area contributed by atoms with E-state index in [1.165, 1.54) is 0 Å². The molecule has 3 nitrogen and oxygen atoms in total. The third-order valence-corrected chi connectivity index (χ3v) is 2.27. The van der Waals surface area contributed by atoms with Crippen LogP contribution in [0.15, 0.2) is 0 Å². The van der Waals surface area contributed by atoms with Crippen LogP contribution in [0.2, 0.25) is 0 Å². The maximum absolute atomic E-state index is 5.84. The van der Waals surface area contributed by atoms with Crippen molar-refractivity contribution in [2.45, 2.75) is 47.1 Å². The van der Waals surface area contributed by atoms with Crippen LogP contribution in [0.1, 0.15) is 41.0 Å². The highest BCUT2D eigenvalue weighted by molar-refractivity contribution is 4.38. The van der Waals surface area contributed by atoms with Crippen molar-refractivity contribution < 1.29 is 26.9 Å². The predicted molar refractivity (Wildman–Crippen MR) is 53.8 cm³/mol. The third kappa shape index (κ3) is 5.15. The van der Waals surface area contributed by atoms with Gasteiger partial charge in [0.05, 0.1) is 0 Å². The molecule has 0 aliphatic heterocycles. The molecule has 0 aliphatic rings. The van der Waals surface area contributed by atoms with E-state index in [0.29, 0.717) is 11.4 Å². The van der Waals surface area contributed by atoms with Crippen LogP contribution in [-0.2, 0) is 9.68 Å². The third-order valence-electron chi connectivity index (χ3n) is 2.27. The lowest BCUT2D eigenvalue weighted by Crippen LogP contribution is -3.00. The minimum absolute atomic E-state index is 0.